The number of nitro groups is 1. The molecule has 0 bridgehead atoms. The van der Waals surface area contributed by atoms with E-state index in [1.807, 2.05) is 0 Å². The van der Waals surface area contributed by atoms with Gasteiger partial charge in [0.25, 0.3) is 0 Å². The molecule has 0 aromatic heterocycles. The maximum Gasteiger partial charge on any atom is 0.203 e. The third-order valence-electron chi connectivity index (χ3n) is 1.04. The molecule has 0 atom stereocenters. The van der Waals surface area contributed by atoms with Crippen LogP contribution in [0.2, 0.25) is 0 Å². The molecule has 0 aliphatic heterocycles. The number of amidine groups is 1. The van der Waals surface area contributed by atoms with E-state index in [0.717, 1.165) is 0 Å². The predicted molar refractivity (Wildman–Crippen MR) is 37.6 cm³/mol. The molecule has 0 unspecified atom stereocenters. The van der Waals surface area contributed by atoms with Crippen LogP contribution in [-0.2, 0) is 0 Å². The van der Waals surface area contributed by atoms with Crippen LogP contribution in [-0.4, -0.2) is 17.3 Å². The Kier molecular flexibility index (Phi) is 4.19. The molecule has 5 heteroatoms. The van der Waals surface area contributed by atoms with Gasteiger partial charge < -0.3 is 5.73 Å². The summed E-state index contributed by atoms with van der Waals surface area (Å²) in [6.45, 7) is -0.0206. The summed E-state index contributed by atoms with van der Waals surface area (Å²) in [5.74, 6) is 0.100. The summed E-state index contributed by atoms with van der Waals surface area (Å²) >= 11 is 0. The molecular weight excluding hydrogens is 134 g/mol. The van der Waals surface area contributed by atoms with Gasteiger partial charge in [0.05, 0.1) is 5.84 Å². The van der Waals surface area contributed by atoms with Gasteiger partial charge in [-0.1, -0.05) is 0 Å². The lowest BCUT2D eigenvalue weighted by Gasteiger charge is -1.93. The number of nitrogens with two attached hydrogens (primary N) is 1. The molecule has 0 aliphatic carbocycles. The normalized spacial score (nSPS) is 9.20. The number of hydrogen-bond donors (Lipinski definition) is 2. The number of nitrogens with one attached hydrogen (secondary N) is 1. The molecule has 0 aromatic rings. The Hall–Kier alpha value is -1.13. The van der Waals surface area contributed by atoms with E-state index >= 15 is 0 Å². The third kappa shape index (κ3) is 6.87. The molecule has 5 nitrogen and oxygen atoms in total. The molecule has 0 fully saturated rings. The zero-order chi connectivity index (χ0) is 7.98. The first kappa shape index (κ1) is 8.87. The fourth-order valence-electron chi connectivity index (χ4n) is 0.556. The van der Waals surface area contributed by atoms with Crippen molar-refractivity contribution in [2.75, 3.05) is 6.54 Å². The molecular formula is C5H11N3O2. The van der Waals surface area contributed by atoms with Gasteiger partial charge in [0.2, 0.25) is 6.54 Å². The van der Waals surface area contributed by atoms with Crippen molar-refractivity contribution in [1.82, 2.24) is 0 Å². The fraction of sp³-hybridized carbons (Fsp3) is 0.800. The van der Waals surface area contributed by atoms with E-state index < -0.39 is 0 Å². The van der Waals surface area contributed by atoms with E-state index in [1.165, 1.54) is 0 Å². The highest BCUT2D eigenvalue weighted by atomic mass is 16.6. The maximum absolute atomic E-state index is 9.76. The molecule has 0 radical (unpaired) electrons. The van der Waals surface area contributed by atoms with Crippen LogP contribution < -0.4 is 5.73 Å². The van der Waals surface area contributed by atoms with Crippen LogP contribution in [0, 0.1) is 15.5 Å². The van der Waals surface area contributed by atoms with Crippen molar-refractivity contribution in [3.63, 3.8) is 0 Å². The number of rotatable bonds is 5. The van der Waals surface area contributed by atoms with Gasteiger partial charge in [0, 0.05) is 17.8 Å². The zero-order valence-corrected chi connectivity index (χ0v) is 5.67. The van der Waals surface area contributed by atoms with Gasteiger partial charge in [-0.05, 0) is 6.42 Å². The second-order valence-electron chi connectivity index (χ2n) is 2.04. The van der Waals surface area contributed by atoms with Crippen LogP contribution in [0.4, 0.5) is 0 Å². The summed E-state index contributed by atoms with van der Waals surface area (Å²) in [4.78, 5) is 9.40. The van der Waals surface area contributed by atoms with Crippen molar-refractivity contribution < 1.29 is 4.92 Å². The van der Waals surface area contributed by atoms with E-state index in [2.05, 4.69) is 0 Å². The largest absolute Gasteiger partial charge is 0.388 e. The third-order valence-corrected chi connectivity index (χ3v) is 1.04. The van der Waals surface area contributed by atoms with Gasteiger partial charge in [-0.2, -0.15) is 0 Å². The second kappa shape index (κ2) is 4.72. The number of nitrogens with zero attached hydrogens (tertiary/aromatic N) is 1. The molecule has 0 spiro atoms. The number of unbranched alkanes of at least 4 members (excludes halogenated alkanes) is 1. The van der Waals surface area contributed by atoms with Crippen LogP contribution in [0.15, 0.2) is 0 Å². The summed E-state index contributed by atoms with van der Waals surface area (Å²) in [7, 11) is 0. The molecule has 0 heterocycles. The summed E-state index contributed by atoms with van der Waals surface area (Å²) in [5.41, 5.74) is 5.02. The van der Waals surface area contributed by atoms with E-state index in [4.69, 9.17) is 11.1 Å². The lowest BCUT2D eigenvalue weighted by molar-refractivity contribution is -0.480. The standard InChI is InChI=1S/C5H11N3O2/c6-5(7)3-1-2-4-8(9)10/h1-4H2,(H3,6,7). The van der Waals surface area contributed by atoms with Gasteiger partial charge in [-0.3, -0.25) is 15.5 Å². The molecule has 0 saturated heterocycles. The Morgan fingerprint density at radius 1 is 1.60 bits per heavy atom. The minimum atomic E-state index is -0.361. The summed E-state index contributed by atoms with van der Waals surface area (Å²) in [6.07, 6.45) is 1.61. The Morgan fingerprint density at radius 2 is 2.20 bits per heavy atom. The average Bonchev–Trinajstić information content (AvgIpc) is 1.79. The molecule has 0 saturated carbocycles. The van der Waals surface area contributed by atoms with Crippen molar-refractivity contribution in [2.45, 2.75) is 19.3 Å². The predicted octanol–water partition coefficient (Wildman–Crippen LogP) is 0.369. The summed E-state index contributed by atoms with van der Waals surface area (Å²) in [5, 5.41) is 16.6. The highest BCUT2D eigenvalue weighted by molar-refractivity contribution is 5.76. The lowest BCUT2D eigenvalue weighted by atomic mass is 10.2. The van der Waals surface area contributed by atoms with E-state index in [-0.39, 0.29) is 17.3 Å². The van der Waals surface area contributed by atoms with Crippen molar-refractivity contribution >= 4 is 5.84 Å². The van der Waals surface area contributed by atoms with Crippen LogP contribution in [0.3, 0.4) is 0 Å². The first-order valence-electron chi connectivity index (χ1n) is 3.07. The summed E-state index contributed by atoms with van der Waals surface area (Å²) < 4.78 is 0. The van der Waals surface area contributed by atoms with Crippen molar-refractivity contribution in [1.29, 1.82) is 5.41 Å². The van der Waals surface area contributed by atoms with Gasteiger partial charge in [-0.15, -0.1) is 0 Å². The van der Waals surface area contributed by atoms with Crippen LogP contribution >= 0.6 is 0 Å². The Labute approximate surface area is 58.9 Å². The highest BCUT2D eigenvalue weighted by Crippen LogP contribution is 1.93. The minimum Gasteiger partial charge on any atom is -0.388 e. The van der Waals surface area contributed by atoms with Crippen molar-refractivity contribution in [3.05, 3.63) is 10.1 Å². The fourth-order valence-corrected chi connectivity index (χ4v) is 0.556. The van der Waals surface area contributed by atoms with E-state index in [9.17, 15) is 10.1 Å². The average molecular weight is 145 g/mol. The molecule has 0 amide bonds. The monoisotopic (exact) mass is 145 g/mol. The Bertz CT molecular complexity index is 119. The zero-order valence-electron chi connectivity index (χ0n) is 5.67. The highest BCUT2D eigenvalue weighted by Gasteiger charge is 1.96. The van der Waals surface area contributed by atoms with Gasteiger partial charge in [-0.25, -0.2) is 0 Å². The van der Waals surface area contributed by atoms with Crippen LogP contribution in [0.1, 0.15) is 19.3 Å². The van der Waals surface area contributed by atoms with E-state index in [1.54, 1.807) is 0 Å². The molecule has 0 aliphatic rings. The smallest absolute Gasteiger partial charge is 0.203 e. The number of hydrogen-bond acceptors (Lipinski definition) is 3. The quantitative estimate of drug-likeness (QED) is 0.192. The molecule has 10 heavy (non-hydrogen) atoms. The molecule has 3 N–H and O–H groups in total. The lowest BCUT2D eigenvalue weighted by Crippen LogP contribution is -2.09. The van der Waals surface area contributed by atoms with Crippen LogP contribution in [0.25, 0.3) is 0 Å². The minimum absolute atomic E-state index is 0.0206. The van der Waals surface area contributed by atoms with Gasteiger partial charge in [0.1, 0.15) is 0 Å². The SMILES string of the molecule is N=C(N)CCCC[N+](=O)[O-]. The van der Waals surface area contributed by atoms with E-state index in [0.29, 0.717) is 19.3 Å². The van der Waals surface area contributed by atoms with Gasteiger partial charge in [0.15, 0.2) is 0 Å². The van der Waals surface area contributed by atoms with Crippen LogP contribution in [0.5, 0.6) is 0 Å². The maximum atomic E-state index is 9.76. The topological polar surface area (TPSA) is 93.0 Å². The Balaban J connectivity index is 3.06. The second-order valence-corrected chi connectivity index (χ2v) is 2.04. The van der Waals surface area contributed by atoms with Crippen molar-refractivity contribution in [2.24, 2.45) is 5.73 Å². The molecule has 0 aromatic carbocycles. The molecule has 0 rings (SSSR count). The first-order valence-corrected chi connectivity index (χ1v) is 3.07. The summed E-state index contributed by atoms with van der Waals surface area (Å²) in [6, 6.07) is 0. The first-order chi connectivity index (χ1) is 4.63. The van der Waals surface area contributed by atoms with Gasteiger partial charge >= 0.3 is 0 Å². The Morgan fingerprint density at radius 3 is 2.60 bits per heavy atom. The van der Waals surface area contributed by atoms with Crippen molar-refractivity contribution in [3.8, 4) is 0 Å². The molecule has 58 valence electrons.